The molecule has 120 valence electrons. The predicted octanol–water partition coefficient (Wildman–Crippen LogP) is 2.01. The van der Waals surface area contributed by atoms with Gasteiger partial charge in [-0.05, 0) is 48.0 Å². The van der Waals surface area contributed by atoms with Crippen LogP contribution in [0.4, 0.5) is 4.79 Å². The predicted molar refractivity (Wildman–Crippen MR) is 75.8 cm³/mol. The number of nitrogens with one attached hydrogen (secondary N) is 1. The number of hydrogen-bond donors (Lipinski definition) is 1. The number of carbonyl (C=O) groups excluding carboxylic acids is 2. The summed E-state index contributed by atoms with van der Waals surface area (Å²) >= 11 is 0. The minimum absolute atomic E-state index is 0.0554. The maximum Gasteiger partial charge on any atom is 0.407 e. The van der Waals surface area contributed by atoms with Crippen molar-refractivity contribution in [1.82, 2.24) is 5.32 Å². The van der Waals surface area contributed by atoms with E-state index in [-0.39, 0.29) is 30.0 Å². The molecule has 1 saturated heterocycles. The quantitative estimate of drug-likeness (QED) is 0.844. The molecule has 1 heterocycles. The van der Waals surface area contributed by atoms with Gasteiger partial charge >= 0.3 is 6.09 Å². The normalized spacial score (nSPS) is 34.4. The lowest BCUT2D eigenvalue weighted by atomic mass is 10.0. The van der Waals surface area contributed by atoms with Gasteiger partial charge in [0.05, 0.1) is 12.1 Å². The van der Waals surface area contributed by atoms with Gasteiger partial charge in [-0.15, -0.1) is 0 Å². The summed E-state index contributed by atoms with van der Waals surface area (Å²) in [6.45, 7) is 10.6. The second-order valence-corrected chi connectivity index (χ2v) is 7.27. The van der Waals surface area contributed by atoms with E-state index in [0.29, 0.717) is 6.42 Å². The summed E-state index contributed by atoms with van der Waals surface area (Å²) in [4.78, 5) is 23.7. The average molecular weight is 299 g/mol. The minimum Gasteiger partial charge on any atom is -0.444 e. The molecule has 0 unspecified atom stereocenters. The number of alkyl carbamates (subject to hydrolysis) is 1. The lowest BCUT2D eigenvalue weighted by molar-refractivity contribution is -0.160. The molecular weight excluding hydrogens is 274 g/mol. The fourth-order valence-corrected chi connectivity index (χ4v) is 2.98. The SMILES string of the molecule is CC(=O)[C@H]1C[C@@H](NC(=O)OC(C)(C)C)[C@@H]2OC(C)(C)O[C@@H]21. The second kappa shape index (κ2) is 5.25. The van der Waals surface area contributed by atoms with Gasteiger partial charge in [-0.1, -0.05) is 0 Å². The number of amides is 1. The summed E-state index contributed by atoms with van der Waals surface area (Å²) in [5, 5.41) is 2.81. The van der Waals surface area contributed by atoms with Crippen LogP contribution in [0.1, 0.15) is 48.0 Å². The standard InChI is InChI=1S/C15H25NO5/c1-8(17)9-7-10(16-13(18)21-14(2,3)4)12-11(9)19-15(5,6)20-12/h9-12H,7H2,1-6H3,(H,16,18)/t9-,10-,11-,12+/m1/s1. The van der Waals surface area contributed by atoms with E-state index in [1.807, 2.05) is 13.8 Å². The molecule has 0 aromatic carbocycles. The molecule has 21 heavy (non-hydrogen) atoms. The van der Waals surface area contributed by atoms with Crippen molar-refractivity contribution in [2.75, 3.05) is 0 Å². The van der Waals surface area contributed by atoms with Crippen LogP contribution in [0.15, 0.2) is 0 Å². The van der Waals surface area contributed by atoms with E-state index in [1.165, 1.54) is 0 Å². The molecule has 0 aromatic rings. The summed E-state index contributed by atoms with van der Waals surface area (Å²) in [6.07, 6.45) is -0.609. The van der Waals surface area contributed by atoms with Gasteiger partial charge in [0.1, 0.15) is 17.5 Å². The van der Waals surface area contributed by atoms with Crippen LogP contribution in [-0.2, 0) is 19.0 Å². The van der Waals surface area contributed by atoms with Crippen molar-refractivity contribution in [1.29, 1.82) is 0 Å². The van der Waals surface area contributed by atoms with Gasteiger partial charge in [0.15, 0.2) is 5.79 Å². The van der Waals surface area contributed by atoms with Crippen LogP contribution >= 0.6 is 0 Å². The molecule has 1 amide bonds. The van der Waals surface area contributed by atoms with Crippen molar-refractivity contribution < 1.29 is 23.8 Å². The molecule has 0 bridgehead atoms. The van der Waals surface area contributed by atoms with E-state index >= 15 is 0 Å². The molecule has 6 heteroatoms. The third kappa shape index (κ3) is 3.74. The van der Waals surface area contributed by atoms with E-state index in [0.717, 1.165) is 0 Å². The van der Waals surface area contributed by atoms with Crippen LogP contribution < -0.4 is 5.32 Å². The minimum atomic E-state index is -0.739. The van der Waals surface area contributed by atoms with E-state index < -0.39 is 17.5 Å². The van der Waals surface area contributed by atoms with Crippen molar-refractivity contribution in [3.8, 4) is 0 Å². The summed E-state index contributed by atoms with van der Waals surface area (Å²) in [6, 6.07) is -0.277. The van der Waals surface area contributed by atoms with Crippen LogP contribution in [-0.4, -0.2) is 41.5 Å². The number of hydrogen-bond acceptors (Lipinski definition) is 5. The Kier molecular flexibility index (Phi) is 4.06. The van der Waals surface area contributed by atoms with Gasteiger partial charge < -0.3 is 19.5 Å². The van der Waals surface area contributed by atoms with Crippen LogP contribution in [0.25, 0.3) is 0 Å². The molecule has 1 aliphatic heterocycles. The Morgan fingerprint density at radius 3 is 2.29 bits per heavy atom. The van der Waals surface area contributed by atoms with Crippen molar-refractivity contribution >= 4 is 11.9 Å². The molecule has 2 aliphatic rings. The summed E-state index contributed by atoms with van der Waals surface area (Å²) in [5.41, 5.74) is -0.561. The zero-order chi connectivity index (χ0) is 16.0. The van der Waals surface area contributed by atoms with Crippen molar-refractivity contribution in [3.63, 3.8) is 0 Å². The average Bonchev–Trinajstić information content (AvgIpc) is 2.70. The number of fused-ring (bicyclic) bond motifs is 1. The first-order chi connectivity index (χ1) is 9.48. The highest BCUT2D eigenvalue weighted by atomic mass is 16.8. The van der Waals surface area contributed by atoms with Crippen molar-refractivity contribution in [2.24, 2.45) is 5.92 Å². The van der Waals surface area contributed by atoms with E-state index in [2.05, 4.69) is 5.32 Å². The van der Waals surface area contributed by atoms with Crippen molar-refractivity contribution in [2.45, 2.75) is 77.6 Å². The smallest absolute Gasteiger partial charge is 0.407 e. The number of rotatable bonds is 2. The molecular formula is C15H25NO5. The molecule has 6 nitrogen and oxygen atoms in total. The van der Waals surface area contributed by atoms with Crippen LogP contribution in [0.2, 0.25) is 0 Å². The zero-order valence-corrected chi connectivity index (χ0v) is 13.6. The maximum absolute atomic E-state index is 11.9. The monoisotopic (exact) mass is 299 g/mol. The fourth-order valence-electron chi connectivity index (χ4n) is 2.98. The van der Waals surface area contributed by atoms with Gasteiger partial charge in [0.2, 0.25) is 0 Å². The molecule has 0 spiro atoms. The molecule has 2 rings (SSSR count). The Morgan fingerprint density at radius 2 is 1.76 bits per heavy atom. The Bertz CT molecular complexity index is 440. The van der Waals surface area contributed by atoms with Gasteiger partial charge in [-0.2, -0.15) is 0 Å². The molecule has 1 aliphatic carbocycles. The Balaban J connectivity index is 2.07. The molecule has 1 N–H and O–H groups in total. The summed E-state index contributed by atoms with van der Waals surface area (Å²) in [7, 11) is 0. The fraction of sp³-hybridized carbons (Fsp3) is 0.867. The number of ether oxygens (including phenoxy) is 3. The molecule has 0 radical (unpaired) electrons. The zero-order valence-electron chi connectivity index (χ0n) is 13.6. The third-order valence-corrected chi connectivity index (χ3v) is 3.69. The highest BCUT2D eigenvalue weighted by Crippen LogP contribution is 2.42. The molecule has 4 atom stereocenters. The van der Waals surface area contributed by atoms with E-state index in [9.17, 15) is 9.59 Å². The Hall–Kier alpha value is -1.14. The van der Waals surface area contributed by atoms with Crippen LogP contribution in [0.5, 0.6) is 0 Å². The molecule has 2 fully saturated rings. The topological polar surface area (TPSA) is 73.9 Å². The number of ketones is 1. The third-order valence-electron chi connectivity index (χ3n) is 3.69. The Labute approximate surface area is 125 Å². The molecule has 1 saturated carbocycles. The van der Waals surface area contributed by atoms with Crippen molar-refractivity contribution in [3.05, 3.63) is 0 Å². The van der Waals surface area contributed by atoms with Gasteiger partial charge in [-0.3, -0.25) is 4.79 Å². The lowest BCUT2D eigenvalue weighted by Gasteiger charge is -2.25. The van der Waals surface area contributed by atoms with Gasteiger partial charge in [0.25, 0.3) is 0 Å². The lowest BCUT2D eigenvalue weighted by Crippen LogP contribution is -2.45. The number of carbonyl (C=O) groups is 2. The second-order valence-electron chi connectivity index (χ2n) is 7.27. The Morgan fingerprint density at radius 1 is 1.19 bits per heavy atom. The van der Waals surface area contributed by atoms with Gasteiger partial charge in [0, 0.05) is 5.92 Å². The largest absolute Gasteiger partial charge is 0.444 e. The highest BCUT2D eigenvalue weighted by Gasteiger charge is 2.55. The van der Waals surface area contributed by atoms with E-state index in [4.69, 9.17) is 14.2 Å². The maximum atomic E-state index is 11.9. The first-order valence-corrected chi connectivity index (χ1v) is 7.34. The summed E-state index contributed by atoms with van der Waals surface area (Å²) in [5.74, 6) is -0.936. The van der Waals surface area contributed by atoms with Gasteiger partial charge in [-0.25, -0.2) is 4.79 Å². The van der Waals surface area contributed by atoms with Crippen LogP contribution in [0, 0.1) is 5.92 Å². The number of Topliss-reactive ketones (excluding diaryl/α,β-unsaturated/α-hetero) is 1. The first kappa shape index (κ1) is 16.2. The first-order valence-electron chi connectivity index (χ1n) is 7.34. The van der Waals surface area contributed by atoms with E-state index in [1.54, 1.807) is 27.7 Å². The molecule has 0 aromatic heterocycles. The summed E-state index contributed by atoms with van der Waals surface area (Å²) < 4.78 is 16.9. The highest BCUT2D eigenvalue weighted by molar-refractivity contribution is 5.80. The van der Waals surface area contributed by atoms with Crippen LogP contribution in [0.3, 0.4) is 0 Å².